The number of benzene rings is 1. The average Bonchev–Trinajstić information content (AvgIpc) is 3.06. The van der Waals surface area contributed by atoms with Crippen LogP contribution in [0.15, 0.2) is 34.9 Å². The van der Waals surface area contributed by atoms with Gasteiger partial charge in [0.15, 0.2) is 6.61 Å². The van der Waals surface area contributed by atoms with Gasteiger partial charge in [0, 0.05) is 6.04 Å². The molecule has 100 valence electrons. The molecule has 2 N–H and O–H groups in total. The predicted molar refractivity (Wildman–Crippen MR) is 69.6 cm³/mol. The minimum absolute atomic E-state index is 0.142. The van der Waals surface area contributed by atoms with Gasteiger partial charge in [0.1, 0.15) is 5.75 Å². The second-order valence-corrected chi connectivity index (χ2v) is 4.85. The third kappa shape index (κ3) is 2.76. The highest BCUT2D eigenvalue weighted by Crippen LogP contribution is 2.32. The van der Waals surface area contributed by atoms with Gasteiger partial charge in [-0.25, -0.2) is 0 Å². The van der Waals surface area contributed by atoms with E-state index in [9.17, 15) is 0 Å². The maximum Gasteiger partial charge on any atom is 0.231 e. The molecule has 3 rings (SSSR count). The fourth-order valence-electron chi connectivity index (χ4n) is 2.44. The SMILES string of the molecule is NC1CCCC1c1nc(COc2ccccc2)no1. The first-order valence-corrected chi connectivity index (χ1v) is 6.59. The van der Waals surface area contributed by atoms with Crippen molar-refractivity contribution in [1.29, 1.82) is 0 Å². The first-order chi connectivity index (χ1) is 9.33. The molecule has 1 aliphatic rings. The summed E-state index contributed by atoms with van der Waals surface area (Å²) in [7, 11) is 0. The Morgan fingerprint density at radius 3 is 2.84 bits per heavy atom. The van der Waals surface area contributed by atoms with Crippen LogP contribution >= 0.6 is 0 Å². The molecule has 19 heavy (non-hydrogen) atoms. The molecule has 0 spiro atoms. The highest BCUT2D eigenvalue weighted by atomic mass is 16.5. The number of para-hydroxylation sites is 1. The Kier molecular flexibility index (Phi) is 3.46. The van der Waals surface area contributed by atoms with Crippen molar-refractivity contribution in [3.8, 4) is 5.75 Å². The van der Waals surface area contributed by atoms with E-state index in [4.69, 9.17) is 15.0 Å². The van der Waals surface area contributed by atoms with Gasteiger partial charge in [0.25, 0.3) is 0 Å². The molecule has 1 heterocycles. The molecule has 1 fully saturated rings. The molecule has 2 aromatic rings. The number of hydrogen-bond donors (Lipinski definition) is 1. The van der Waals surface area contributed by atoms with E-state index in [1.54, 1.807) is 0 Å². The summed E-state index contributed by atoms with van der Waals surface area (Å²) in [5.41, 5.74) is 6.03. The number of ether oxygens (including phenoxy) is 1. The van der Waals surface area contributed by atoms with Crippen LogP contribution in [0.1, 0.15) is 36.9 Å². The number of hydrogen-bond acceptors (Lipinski definition) is 5. The smallest absolute Gasteiger partial charge is 0.231 e. The van der Waals surface area contributed by atoms with E-state index in [2.05, 4.69) is 10.1 Å². The molecule has 1 aromatic carbocycles. The quantitative estimate of drug-likeness (QED) is 0.911. The third-order valence-corrected chi connectivity index (χ3v) is 3.48. The summed E-state index contributed by atoms with van der Waals surface area (Å²) in [6.07, 6.45) is 3.19. The minimum atomic E-state index is 0.142. The zero-order chi connectivity index (χ0) is 13.1. The molecule has 0 saturated heterocycles. The van der Waals surface area contributed by atoms with E-state index in [1.165, 1.54) is 0 Å². The van der Waals surface area contributed by atoms with Crippen molar-refractivity contribution in [2.24, 2.45) is 5.73 Å². The topological polar surface area (TPSA) is 74.2 Å². The Morgan fingerprint density at radius 1 is 1.26 bits per heavy atom. The molecule has 1 aliphatic carbocycles. The summed E-state index contributed by atoms with van der Waals surface area (Å²) < 4.78 is 10.9. The Bertz CT molecular complexity index is 526. The molecule has 1 saturated carbocycles. The standard InChI is InChI=1S/C14H17N3O2/c15-12-8-4-7-11(12)14-16-13(17-19-14)9-18-10-5-2-1-3-6-10/h1-3,5-6,11-12H,4,7-9,15H2. The van der Waals surface area contributed by atoms with Gasteiger partial charge in [-0.1, -0.05) is 29.8 Å². The minimum Gasteiger partial charge on any atom is -0.485 e. The van der Waals surface area contributed by atoms with Crippen LogP contribution in [0.4, 0.5) is 0 Å². The average molecular weight is 259 g/mol. The number of nitrogens with two attached hydrogens (primary N) is 1. The summed E-state index contributed by atoms with van der Waals surface area (Å²) >= 11 is 0. The molecule has 1 aromatic heterocycles. The van der Waals surface area contributed by atoms with Gasteiger partial charge >= 0.3 is 0 Å². The third-order valence-electron chi connectivity index (χ3n) is 3.48. The Hall–Kier alpha value is -1.88. The van der Waals surface area contributed by atoms with E-state index in [0.717, 1.165) is 25.0 Å². The molecule has 0 aliphatic heterocycles. The largest absolute Gasteiger partial charge is 0.485 e. The first kappa shape index (κ1) is 12.2. The predicted octanol–water partition coefficient (Wildman–Crippen LogP) is 2.24. The molecule has 0 amide bonds. The van der Waals surface area contributed by atoms with Gasteiger partial charge in [-0.3, -0.25) is 0 Å². The highest BCUT2D eigenvalue weighted by molar-refractivity contribution is 5.21. The van der Waals surface area contributed by atoms with Gasteiger partial charge in [0.05, 0.1) is 5.92 Å². The van der Waals surface area contributed by atoms with E-state index < -0.39 is 0 Å². The maximum atomic E-state index is 6.03. The van der Waals surface area contributed by atoms with Crippen molar-refractivity contribution >= 4 is 0 Å². The monoisotopic (exact) mass is 259 g/mol. The molecular formula is C14H17N3O2. The lowest BCUT2D eigenvalue weighted by molar-refractivity contribution is 0.283. The van der Waals surface area contributed by atoms with Crippen LogP contribution in [0.2, 0.25) is 0 Å². The molecule has 0 radical (unpaired) electrons. The van der Waals surface area contributed by atoms with Gasteiger partial charge < -0.3 is 15.0 Å². The maximum absolute atomic E-state index is 6.03. The summed E-state index contributed by atoms with van der Waals surface area (Å²) in [6.45, 7) is 0.315. The van der Waals surface area contributed by atoms with E-state index in [-0.39, 0.29) is 12.0 Å². The second kappa shape index (κ2) is 5.40. The van der Waals surface area contributed by atoms with Crippen molar-refractivity contribution < 1.29 is 9.26 Å². The van der Waals surface area contributed by atoms with Gasteiger partial charge in [-0.15, -0.1) is 0 Å². The normalized spacial score (nSPS) is 22.6. The lowest BCUT2D eigenvalue weighted by Crippen LogP contribution is -2.22. The number of nitrogens with zero attached hydrogens (tertiary/aromatic N) is 2. The van der Waals surface area contributed by atoms with Gasteiger partial charge in [-0.05, 0) is 25.0 Å². The highest BCUT2D eigenvalue weighted by Gasteiger charge is 2.30. The number of aromatic nitrogens is 2. The Morgan fingerprint density at radius 2 is 2.11 bits per heavy atom. The zero-order valence-corrected chi connectivity index (χ0v) is 10.7. The van der Waals surface area contributed by atoms with Crippen LogP contribution in [-0.4, -0.2) is 16.2 Å². The molecule has 2 atom stereocenters. The fraction of sp³-hybridized carbons (Fsp3) is 0.429. The van der Waals surface area contributed by atoms with Gasteiger partial charge in [0.2, 0.25) is 11.7 Å². The summed E-state index contributed by atoms with van der Waals surface area (Å²) in [5.74, 6) is 2.22. The van der Waals surface area contributed by atoms with Crippen molar-refractivity contribution in [2.75, 3.05) is 0 Å². The van der Waals surface area contributed by atoms with Crippen LogP contribution < -0.4 is 10.5 Å². The molecule has 5 nitrogen and oxygen atoms in total. The Labute approximate surface area is 111 Å². The van der Waals surface area contributed by atoms with Crippen LogP contribution in [0.25, 0.3) is 0 Å². The second-order valence-electron chi connectivity index (χ2n) is 4.85. The summed E-state index contributed by atoms with van der Waals surface area (Å²) in [5, 5.41) is 3.94. The fourth-order valence-corrected chi connectivity index (χ4v) is 2.44. The van der Waals surface area contributed by atoms with Crippen LogP contribution in [0.3, 0.4) is 0 Å². The summed E-state index contributed by atoms with van der Waals surface area (Å²) in [4.78, 5) is 4.37. The number of rotatable bonds is 4. The molecule has 0 bridgehead atoms. The van der Waals surface area contributed by atoms with Crippen LogP contribution in [0, 0.1) is 0 Å². The first-order valence-electron chi connectivity index (χ1n) is 6.59. The van der Waals surface area contributed by atoms with Crippen LogP contribution in [0.5, 0.6) is 5.75 Å². The van der Waals surface area contributed by atoms with Crippen molar-refractivity contribution in [2.45, 2.75) is 37.8 Å². The zero-order valence-electron chi connectivity index (χ0n) is 10.7. The van der Waals surface area contributed by atoms with E-state index in [0.29, 0.717) is 18.3 Å². The van der Waals surface area contributed by atoms with Gasteiger partial charge in [-0.2, -0.15) is 4.98 Å². The van der Waals surface area contributed by atoms with Crippen molar-refractivity contribution in [3.63, 3.8) is 0 Å². The van der Waals surface area contributed by atoms with Crippen molar-refractivity contribution in [3.05, 3.63) is 42.0 Å². The van der Waals surface area contributed by atoms with E-state index in [1.807, 2.05) is 30.3 Å². The van der Waals surface area contributed by atoms with Crippen molar-refractivity contribution in [1.82, 2.24) is 10.1 Å². The Balaban J connectivity index is 1.62. The van der Waals surface area contributed by atoms with Crippen LogP contribution in [-0.2, 0) is 6.61 Å². The lowest BCUT2D eigenvalue weighted by atomic mass is 10.1. The van der Waals surface area contributed by atoms with E-state index >= 15 is 0 Å². The molecular weight excluding hydrogens is 242 g/mol. The molecule has 5 heteroatoms. The lowest BCUT2D eigenvalue weighted by Gasteiger charge is -2.08. The molecule has 2 unspecified atom stereocenters. The summed E-state index contributed by atoms with van der Waals surface area (Å²) in [6, 6.07) is 9.73.